The Balaban J connectivity index is 2.45. The van der Waals surface area contributed by atoms with Gasteiger partial charge in [0.05, 0.1) is 12.1 Å². The maximum Gasteiger partial charge on any atom is 0.226 e. The van der Waals surface area contributed by atoms with E-state index in [4.69, 9.17) is 0 Å². The highest BCUT2D eigenvalue weighted by atomic mass is 79.9. The first kappa shape index (κ1) is 21.4. The Morgan fingerprint density at radius 3 is 2.63 bits per heavy atom. The van der Waals surface area contributed by atoms with Gasteiger partial charge in [-0.3, -0.25) is 4.79 Å². The van der Waals surface area contributed by atoms with Crippen LogP contribution in [0.15, 0.2) is 34.8 Å². The SMILES string of the molecule is C/C=C(\C(Br)=C/C)c1[nH]c2ccc(F)cc2c1CC(=O)N(C)CCCCC. The predicted molar refractivity (Wildman–Crippen MR) is 115 cm³/mol. The van der Waals surface area contributed by atoms with Crippen molar-refractivity contribution in [2.75, 3.05) is 13.6 Å². The van der Waals surface area contributed by atoms with Crippen molar-refractivity contribution in [1.82, 2.24) is 9.88 Å². The third-order valence-electron chi connectivity index (χ3n) is 4.79. The Kier molecular flexibility index (Phi) is 7.84. The number of H-pyrrole nitrogens is 1. The first-order valence-electron chi connectivity index (χ1n) is 9.45. The molecule has 2 rings (SSSR count). The number of nitrogens with one attached hydrogen (secondary N) is 1. The zero-order valence-corrected chi connectivity index (χ0v) is 18.1. The van der Waals surface area contributed by atoms with E-state index < -0.39 is 0 Å². The molecular weight excluding hydrogens is 407 g/mol. The summed E-state index contributed by atoms with van der Waals surface area (Å²) in [6, 6.07) is 4.67. The molecule has 3 nitrogen and oxygen atoms in total. The van der Waals surface area contributed by atoms with E-state index >= 15 is 0 Å². The highest BCUT2D eigenvalue weighted by molar-refractivity contribution is 9.12. The summed E-state index contributed by atoms with van der Waals surface area (Å²) in [5.74, 6) is -0.255. The monoisotopic (exact) mass is 434 g/mol. The average Bonchev–Trinajstić information content (AvgIpc) is 2.99. The molecule has 1 aromatic carbocycles. The summed E-state index contributed by atoms with van der Waals surface area (Å²) in [4.78, 5) is 18.0. The van der Waals surface area contributed by atoms with Crippen molar-refractivity contribution < 1.29 is 9.18 Å². The molecule has 1 aromatic heterocycles. The number of carbonyl (C=O) groups excluding carboxylic acids is 1. The molecule has 0 bridgehead atoms. The molecule has 0 saturated heterocycles. The second-order valence-corrected chi connectivity index (χ2v) is 7.56. The van der Waals surface area contributed by atoms with Gasteiger partial charge in [-0.2, -0.15) is 0 Å². The number of aromatic nitrogens is 1. The second-order valence-electron chi connectivity index (χ2n) is 6.71. The summed E-state index contributed by atoms with van der Waals surface area (Å²) in [5, 5.41) is 0.760. The molecule has 0 aliphatic heterocycles. The number of benzene rings is 1. The van der Waals surface area contributed by atoms with Gasteiger partial charge in [-0.15, -0.1) is 0 Å². The lowest BCUT2D eigenvalue weighted by Crippen LogP contribution is -2.29. The summed E-state index contributed by atoms with van der Waals surface area (Å²) in [5.41, 5.74) is 3.49. The van der Waals surface area contributed by atoms with Crippen molar-refractivity contribution in [3.63, 3.8) is 0 Å². The Hall–Kier alpha value is -1.88. The summed E-state index contributed by atoms with van der Waals surface area (Å²) in [7, 11) is 1.84. The molecule has 0 fully saturated rings. The lowest BCUT2D eigenvalue weighted by molar-refractivity contribution is -0.129. The topological polar surface area (TPSA) is 36.1 Å². The Labute approximate surface area is 169 Å². The number of fused-ring (bicyclic) bond motifs is 1. The van der Waals surface area contributed by atoms with Gasteiger partial charge < -0.3 is 9.88 Å². The molecule has 0 aliphatic rings. The van der Waals surface area contributed by atoms with Gasteiger partial charge in [0.1, 0.15) is 5.82 Å². The molecule has 1 amide bonds. The van der Waals surface area contributed by atoms with Crippen LogP contribution in [0.5, 0.6) is 0 Å². The van der Waals surface area contributed by atoms with Gasteiger partial charge in [0.2, 0.25) is 5.91 Å². The average molecular weight is 435 g/mol. The summed E-state index contributed by atoms with van der Waals surface area (Å²) >= 11 is 3.59. The van der Waals surface area contributed by atoms with E-state index in [1.807, 2.05) is 33.0 Å². The van der Waals surface area contributed by atoms with Crippen LogP contribution in [-0.4, -0.2) is 29.4 Å². The van der Waals surface area contributed by atoms with Crippen LogP contribution in [-0.2, 0) is 11.2 Å². The quantitative estimate of drug-likeness (QED) is 0.389. The van der Waals surface area contributed by atoms with Crippen LogP contribution in [0.4, 0.5) is 4.39 Å². The van der Waals surface area contributed by atoms with E-state index in [-0.39, 0.29) is 18.1 Å². The van der Waals surface area contributed by atoms with Gasteiger partial charge in [0.15, 0.2) is 0 Å². The molecule has 1 N–H and O–H groups in total. The molecule has 5 heteroatoms. The third kappa shape index (κ3) is 5.10. The Morgan fingerprint density at radius 1 is 1.26 bits per heavy atom. The fourth-order valence-electron chi connectivity index (χ4n) is 3.20. The fraction of sp³-hybridized carbons (Fsp3) is 0.409. The number of nitrogens with zero attached hydrogens (tertiary/aromatic N) is 1. The number of amides is 1. The molecule has 27 heavy (non-hydrogen) atoms. The van der Waals surface area contributed by atoms with Crippen molar-refractivity contribution in [3.05, 3.63) is 51.9 Å². The summed E-state index contributed by atoms with van der Waals surface area (Å²) in [6.45, 7) is 6.79. The number of allylic oxidation sites excluding steroid dienone is 4. The predicted octanol–water partition coefficient (Wildman–Crippen LogP) is 6.20. The van der Waals surface area contributed by atoms with E-state index in [0.29, 0.717) is 0 Å². The van der Waals surface area contributed by atoms with E-state index in [1.165, 1.54) is 12.1 Å². The van der Waals surface area contributed by atoms with E-state index in [9.17, 15) is 9.18 Å². The minimum absolute atomic E-state index is 0.0459. The number of aromatic amines is 1. The normalized spacial score (nSPS) is 12.7. The maximum absolute atomic E-state index is 13.9. The van der Waals surface area contributed by atoms with Crippen LogP contribution >= 0.6 is 15.9 Å². The Bertz CT molecular complexity index is 867. The number of hydrogen-bond acceptors (Lipinski definition) is 1. The van der Waals surface area contributed by atoms with Crippen LogP contribution in [0.1, 0.15) is 51.3 Å². The maximum atomic E-state index is 13.9. The lowest BCUT2D eigenvalue weighted by Gasteiger charge is -2.18. The Morgan fingerprint density at radius 2 is 2.00 bits per heavy atom. The largest absolute Gasteiger partial charge is 0.354 e. The number of hydrogen-bond donors (Lipinski definition) is 1. The number of likely N-dealkylation sites (N-methyl/N-ethyl adjacent to an activating group) is 1. The van der Waals surface area contributed by atoms with Crippen molar-refractivity contribution >= 4 is 38.3 Å². The second kappa shape index (κ2) is 9.88. The zero-order valence-electron chi connectivity index (χ0n) is 16.5. The van der Waals surface area contributed by atoms with Crippen LogP contribution in [0.25, 0.3) is 16.5 Å². The van der Waals surface area contributed by atoms with Crippen LogP contribution < -0.4 is 0 Å². The van der Waals surface area contributed by atoms with Crippen LogP contribution in [0.2, 0.25) is 0 Å². The van der Waals surface area contributed by atoms with Gasteiger partial charge in [0.25, 0.3) is 0 Å². The van der Waals surface area contributed by atoms with E-state index in [0.717, 1.165) is 58.0 Å². The summed E-state index contributed by atoms with van der Waals surface area (Å²) in [6.07, 6.45) is 7.42. The fourth-order valence-corrected chi connectivity index (χ4v) is 3.63. The number of halogens is 2. The van der Waals surface area contributed by atoms with Crippen LogP contribution in [0, 0.1) is 5.82 Å². The van der Waals surface area contributed by atoms with E-state index in [2.05, 4.69) is 27.8 Å². The molecule has 0 atom stereocenters. The first-order valence-corrected chi connectivity index (χ1v) is 10.2. The summed E-state index contributed by atoms with van der Waals surface area (Å²) < 4.78 is 14.8. The number of rotatable bonds is 8. The van der Waals surface area contributed by atoms with Gasteiger partial charge in [-0.05, 0) is 44.0 Å². The van der Waals surface area contributed by atoms with E-state index in [1.54, 1.807) is 11.0 Å². The van der Waals surface area contributed by atoms with Crippen molar-refractivity contribution in [3.8, 4) is 0 Å². The van der Waals surface area contributed by atoms with Gasteiger partial charge in [0, 0.05) is 34.6 Å². The molecule has 0 spiro atoms. The first-order chi connectivity index (χ1) is 12.9. The molecule has 146 valence electrons. The van der Waals surface area contributed by atoms with Gasteiger partial charge in [-0.1, -0.05) is 47.8 Å². The highest BCUT2D eigenvalue weighted by Crippen LogP contribution is 2.34. The molecule has 0 unspecified atom stereocenters. The number of carbonyl (C=O) groups is 1. The van der Waals surface area contributed by atoms with Crippen molar-refractivity contribution in [2.45, 2.75) is 46.5 Å². The molecular formula is C22H28BrFN2O. The minimum atomic E-state index is -0.301. The van der Waals surface area contributed by atoms with Crippen LogP contribution in [0.3, 0.4) is 0 Å². The third-order valence-corrected chi connectivity index (χ3v) is 5.67. The van der Waals surface area contributed by atoms with Gasteiger partial charge in [-0.25, -0.2) is 4.39 Å². The smallest absolute Gasteiger partial charge is 0.226 e. The standard InChI is InChI=1S/C22H28BrFN2O/c1-5-8-9-12-26(4)21(27)14-18-17-13-15(24)10-11-20(17)25-22(18)16(6-2)19(23)7-3/h6-7,10-11,13,25H,5,8-9,12,14H2,1-4H3/b16-6+,19-7+. The zero-order chi connectivity index (χ0) is 20.0. The molecule has 0 aliphatic carbocycles. The van der Waals surface area contributed by atoms with Crippen molar-refractivity contribution in [1.29, 1.82) is 0 Å². The molecule has 1 heterocycles. The highest BCUT2D eigenvalue weighted by Gasteiger charge is 2.20. The molecule has 2 aromatic rings. The lowest BCUT2D eigenvalue weighted by atomic mass is 10.0. The molecule has 0 saturated carbocycles. The minimum Gasteiger partial charge on any atom is -0.354 e. The van der Waals surface area contributed by atoms with Gasteiger partial charge >= 0.3 is 0 Å². The molecule has 0 radical (unpaired) electrons. The van der Waals surface area contributed by atoms with Crippen molar-refractivity contribution in [2.24, 2.45) is 0 Å². The number of unbranched alkanes of at least 4 members (excludes halogenated alkanes) is 2.